The number of benzene rings is 3. The van der Waals surface area contributed by atoms with Gasteiger partial charge in [0.1, 0.15) is 12.6 Å². The van der Waals surface area contributed by atoms with Gasteiger partial charge in [0.25, 0.3) is 0 Å². The number of anilines is 2. The molecule has 1 aliphatic heterocycles. The van der Waals surface area contributed by atoms with E-state index in [9.17, 15) is 14.4 Å². The fourth-order valence-electron chi connectivity index (χ4n) is 5.00. The molecule has 0 spiro atoms. The van der Waals surface area contributed by atoms with Gasteiger partial charge in [0.15, 0.2) is 0 Å². The van der Waals surface area contributed by atoms with Crippen LogP contribution in [0.5, 0.6) is 0 Å². The van der Waals surface area contributed by atoms with Crippen molar-refractivity contribution in [1.82, 2.24) is 4.90 Å². The van der Waals surface area contributed by atoms with Gasteiger partial charge < -0.3 is 20.1 Å². The Kier molecular flexibility index (Phi) is 9.26. The van der Waals surface area contributed by atoms with E-state index in [1.807, 2.05) is 112 Å². The SMILES string of the molecule is CC(C)(C)O[C@@H]1C[C@@H](C(=O)Nc2ccc(C=Cc3ccc(NC(=O)C4CC4)cc3)cc2)N(C(=O)OCc2ccccc2)C1. The van der Waals surface area contributed by atoms with Crippen LogP contribution in [0.3, 0.4) is 0 Å². The lowest BCUT2D eigenvalue weighted by atomic mass is 10.1. The third kappa shape index (κ3) is 8.78. The van der Waals surface area contributed by atoms with Crippen molar-refractivity contribution in [3.05, 3.63) is 95.6 Å². The highest BCUT2D eigenvalue weighted by Gasteiger charge is 2.42. The van der Waals surface area contributed by atoms with Crippen LogP contribution in [0, 0.1) is 5.92 Å². The number of hydrogen-bond acceptors (Lipinski definition) is 5. The molecule has 8 heteroatoms. The smallest absolute Gasteiger partial charge is 0.410 e. The summed E-state index contributed by atoms with van der Waals surface area (Å²) in [6, 6.07) is 24.0. The topological polar surface area (TPSA) is 97.0 Å². The largest absolute Gasteiger partial charge is 0.445 e. The van der Waals surface area contributed by atoms with Crippen LogP contribution in [0.15, 0.2) is 78.9 Å². The molecule has 43 heavy (non-hydrogen) atoms. The number of amides is 3. The van der Waals surface area contributed by atoms with Gasteiger partial charge in [0.05, 0.1) is 18.2 Å². The molecule has 2 N–H and O–H groups in total. The first-order valence-electron chi connectivity index (χ1n) is 14.8. The molecule has 0 bridgehead atoms. The minimum absolute atomic E-state index is 0.0946. The molecule has 2 fully saturated rings. The van der Waals surface area contributed by atoms with Crippen molar-refractivity contribution in [2.24, 2.45) is 5.92 Å². The number of ether oxygens (including phenoxy) is 2. The lowest BCUT2D eigenvalue weighted by molar-refractivity contribution is -0.120. The zero-order chi connectivity index (χ0) is 30.4. The third-order valence-electron chi connectivity index (χ3n) is 7.30. The van der Waals surface area contributed by atoms with E-state index in [2.05, 4.69) is 10.6 Å². The zero-order valence-electron chi connectivity index (χ0n) is 24.9. The fourth-order valence-corrected chi connectivity index (χ4v) is 5.00. The molecule has 1 saturated heterocycles. The quantitative estimate of drug-likeness (QED) is 0.273. The highest BCUT2D eigenvalue weighted by molar-refractivity contribution is 5.97. The summed E-state index contributed by atoms with van der Waals surface area (Å²) in [5.74, 6) is -0.0174. The molecule has 5 rings (SSSR count). The standard InChI is InChI=1S/C35H39N3O5/c1-35(2,3)43-30-21-31(38(22-30)34(41)42-23-26-7-5-4-6-8-26)33(40)37-29-19-13-25(14-20-29)10-9-24-11-17-28(18-12-24)36-32(39)27-15-16-27/h4-14,17-20,27,30-31H,15-16,21-23H2,1-3H3,(H,36,39)(H,37,40)/t30-,31+/m1/s1. The molecule has 1 saturated carbocycles. The van der Waals surface area contributed by atoms with Gasteiger partial charge in [-0.3, -0.25) is 14.5 Å². The number of nitrogens with one attached hydrogen (secondary N) is 2. The normalized spacial score (nSPS) is 18.4. The van der Waals surface area contributed by atoms with Gasteiger partial charge in [-0.2, -0.15) is 0 Å². The number of likely N-dealkylation sites (tertiary alicyclic amines) is 1. The van der Waals surface area contributed by atoms with E-state index in [4.69, 9.17) is 9.47 Å². The second-order valence-corrected chi connectivity index (χ2v) is 12.1. The molecule has 1 heterocycles. The highest BCUT2D eigenvalue weighted by Crippen LogP contribution is 2.30. The number of carbonyl (C=O) groups is 3. The van der Waals surface area contributed by atoms with E-state index in [0.717, 1.165) is 35.2 Å². The summed E-state index contributed by atoms with van der Waals surface area (Å²) in [4.78, 5) is 39.9. The molecule has 3 aromatic carbocycles. The van der Waals surface area contributed by atoms with Gasteiger partial charge in [-0.25, -0.2) is 4.79 Å². The van der Waals surface area contributed by atoms with Crippen molar-refractivity contribution in [2.75, 3.05) is 17.2 Å². The lowest BCUT2D eigenvalue weighted by Gasteiger charge is -2.25. The summed E-state index contributed by atoms with van der Waals surface area (Å²) < 4.78 is 11.7. The second kappa shape index (κ2) is 13.3. The first-order chi connectivity index (χ1) is 20.6. The van der Waals surface area contributed by atoms with Gasteiger partial charge in [-0.15, -0.1) is 0 Å². The van der Waals surface area contributed by atoms with Gasteiger partial charge in [-0.05, 0) is 74.6 Å². The molecule has 8 nitrogen and oxygen atoms in total. The maximum Gasteiger partial charge on any atom is 0.410 e. The zero-order valence-corrected chi connectivity index (χ0v) is 24.9. The summed E-state index contributed by atoms with van der Waals surface area (Å²) in [6.07, 6.45) is 5.49. The fraction of sp³-hybridized carbons (Fsp3) is 0.343. The van der Waals surface area contributed by atoms with Gasteiger partial charge in [0, 0.05) is 23.7 Å². The van der Waals surface area contributed by atoms with Crippen LogP contribution in [0.4, 0.5) is 16.2 Å². The first-order valence-corrected chi connectivity index (χ1v) is 14.8. The van der Waals surface area contributed by atoms with Crippen LogP contribution in [0.2, 0.25) is 0 Å². The molecular weight excluding hydrogens is 542 g/mol. The summed E-state index contributed by atoms with van der Waals surface area (Å²) >= 11 is 0. The maximum atomic E-state index is 13.4. The summed E-state index contributed by atoms with van der Waals surface area (Å²) in [6.45, 7) is 6.28. The Bertz CT molecular complexity index is 1440. The van der Waals surface area contributed by atoms with Crippen molar-refractivity contribution >= 4 is 41.4 Å². The Morgan fingerprint density at radius 1 is 0.814 bits per heavy atom. The van der Waals surface area contributed by atoms with Crippen LogP contribution in [0.25, 0.3) is 12.2 Å². The summed E-state index contributed by atoms with van der Waals surface area (Å²) in [5.41, 5.74) is 3.88. The molecule has 2 atom stereocenters. The van der Waals surface area contributed by atoms with E-state index >= 15 is 0 Å². The average Bonchev–Trinajstić information content (AvgIpc) is 3.76. The van der Waals surface area contributed by atoms with Crippen LogP contribution in [-0.2, 0) is 25.7 Å². The van der Waals surface area contributed by atoms with Gasteiger partial charge in [-0.1, -0.05) is 66.7 Å². The van der Waals surface area contributed by atoms with Crippen LogP contribution >= 0.6 is 0 Å². The summed E-state index contributed by atoms with van der Waals surface area (Å²) in [7, 11) is 0. The number of hydrogen-bond donors (Lipinski definition) is 2. The van der Waals surface area contributed by atoms with Crippen molar-refractivity contribution in [3.8, 4) is 0 Å². The minimum Gasteiger partial charge on any atom is -0.445 e. The molecule has 3 amide bonds. The van der Waals surface area contributed by atoms with Crippen LogP contribution < -0.4 is 10.6 Å². The molecule has 1 aliphatic carbocycles. The van der Waals surface area contributed by atoms with Crippen LogP contribution in [-0.4, -0.2) is 47.1 Å². The number of rotatable bonds is 9. The third-order valence-corrected chi connectivity index (χ3v) is 7.30. The van der Waals surface area contributed by atoms with Crippen molar-refractivity contribution in [3.63, 3.8) is 0 Å². The Hall–Kier alpha value is -4.43. The molecule has 0 aromatic heterocycles. The molecule has 3 aromatic rings. The van der Waals surface area contributed by atoms with E-state index in [0.29, 0.717) is 12.1 Å². The Labute approximate surface area is 253 Å². The monoisotopic (exact) mass is 581 g/mol. The van der Waals surface area contributed by atoms with Crippen molar-refractivity contribution < 1.29 is 23.9 Å². The number of carbonyl (C=O) groups excluding carboxylic acids is 3. The van der Waals surface area contributed by atoms with Crippen molar-refractivity contribution in [2.45, 2.75) is 64.4 Å². The second-order valence-electron chi connectivity index (χ2n) is 12.1. The van der Waals surface area contributed by atoms with E-state index < -0.39 is 17.7 Å². The van der Waals surface area contributed by atoms with E-state index in [-0.39, 0.29) is 37.0 Å². The maximum absolute atomic E-state index is 13.4. The van der Waals surface area contributed by atoms with Crippen LogP contribution in [0.1, 0.15) is 56.7 Å². The average molecular weight is 582 g/mol. The Morgan fingerprint density at radius 3 is 1.91 bits per heavy atom. The summed E-state index contributed by atoms with van der Waals surface area (Å²) in [5, 5.41) is 5.91. The molecule has 2 aliphatic rings. The minimum atomic E-state index is -0.716. The van der Waals surface area contributed by atoms with E-state index in [1.54, 1.807) is 0 Å². The molecule has 0 unspecified atom stereocenters. The lowest BCUT2D eigenvalue weighted by Crippen LogP contribution is -2.43. The molecular formula is C35H39N3O5. The van der Waals surface area contributed by atoms with E-state index in [1.165, 1.54) is 4.90 Å². The molecule has 0 radical (unpaired) electrons. The van der Waals surface area contributed by atoms with Gasteiger partial charge >= 0.3 is 6.09 Å². The predicted octanol–water partition coefficient (Wildman–Crippen LogP) is 6.74. The van der Waals surface area contributed by atoms with Crippen molar-refractivity contribution in [1.29, 1.82) is 0 Å². The first kappa shape index (κ1) is 30.0. The molecule has 224 valence electrons. The Morgan fingerprint density at radius 2 is 1.37 bits per heavy atom. The Balaban J connectivity index is 1.18. The predicted molar refractivity (Wildman–Crippen MR) is 168 cm³/mol. The highest BCUT2D eigenvalue weighted by atomic mass is 16.6. The van der Waals surface area contributed by atoms with Gasteiger partial charge in [0.2, 0.25) is 11.8 Å². The number of nitrogens with zero attached hydrogens (tertiary/aromatic N) is 1.